The first-order valence-corrected chi connectivity index (χ1v) is 12.1. The summed E-state index contributed by atoms with van der Waals surface area (Å²) in [6.45, 7) is 0. The molecule has 2 nitrogen and oxygen atoms in total. The second kappa shape index (κ2) is 7.34. The lowest BCUT2D eigenvalue weighted by atomic mass is 9.67. The summed E-state index contributed by atoms with van der Waals surface area (Å²) < 4.78 is 13.7. The van der Waals surface area contributed by atoms with Gasteiger partial charge in [-0.05, 0) is 63.7 Å². The molecule has 7 rings (SSSR count). The van der Waals surface area contributed by atoms with Gasteiger partial charge in [-0.25, -0.2) is 0 Å². The number of rotatable bonds is 2. The van der Waals surface area contributed by atoms with Crippen LogP contribution in [0.3, 0.4) is 0 Å². The molecule has 1 heterocycles. The first-order valence-electron chi connectivity index (χ1n) is 11.3. The molecule has 0 unspecified atom stereocenters. The van der Waals surface area contributed by atoms with Crippen LogP contribution in [0.25, 0.3) is 11.1 Å². The highest BCUT2D eigenvalue weighted by Gasteiger charge is 2.47. The summed E-state index contributed by atoms with van der Waals surface area (Å²) in [5, 5.41) is 0. The van der Waals surface area contributed by atoms with Gasteiger partial charge < -0.3 is 9.47 Å². The van der Waals surface area contributed by atoms with Crippen molar-refractivity contribution in [3.8, 4) is 34.1 Å². The highest BCUT2D eigenvalue weighted by molar-refractivity contribution is 9.10. The van der Waals surface area contributed by atoms with Crippen LogP contribution in [0.1, 0.15) is 22.3 Å². The molecule has 0 spiro atoms. The van der Waals surface area contributed by atoms with Crippen molar-refractivity contribution in [1.29, 1.82) is 0 Å². The van der Waals surface area contributed by atoms with Crippen LogP contribution in [0, 0.1) is 0 Å². The third-order valence-corrected chi connectivity index (χ3v) is 7.36. The minimum absolute atomic E-state index is 0.452. The lowest BCUT2D eigenvalue weighted by Crippen LogP contribution is -2.28. The number of halogens is 1. The van der Waals surface area contributed by atoms with Crippen molar-refractivity contribution in [3.05, 3.63) is 142 Å². The fourth-order valence-electron chi connectivity index (χ4n) is 5.49. The monoisotopic (exact) mass is 502 g/mol. The van der Waals surface area contributed by atoms with Crippen LogP contribution in [0.5, 0.6) is 23.0 Å². The highest BCUT2D eigenvalue weighted by atomic mass is 79.9. The molecule has 0 aromatic heterocycles. The lowest BCUT2D eigenvalue weighted by Gasteiger charge is -2.34. The quantitative estimate of drug-likeness (QED) is 0.235. The topological polar surface area (TPSA) is 18.5 Å². The Kier molecular flexibility index (Phi) is 4.24. The van der Waals surface area contributed by atoms with Crippen LogP contribution in [-0.4, -0.2) is 0 Å². The standard InChI is InChI=1S/C31H19BrO2/c32-22-15-16-27-28(17-22)34-29-18-24-23-13-7-8-14-25(23)31(20-9-3-1-4-10-20,21-11-5-2-6-12-21)26(24)19-30(29)33-27/h1-19H. The Morgan fingerprint density at radius 1 is 0.471 bits per heavy atom. The van der Waals surface area contributed by atoms with Gasteiger partial charge in [0.1, 0.15) is 0 Å². The number of fused-ring (bicyclic) bond motifs is 5. The maximum Gasteiger partial charge on any atom is 0.171 e. The van der Waals surface area contributed by atoms with Crippen LogP contribution >= 0.6 is 15.9 Å². The van der Waals surface area contributed by atoms with E-state index in [1.54, 1.807) is 0 Å². The molecule has 5 aromatic carbocycles. The van der Waals surface area contributed by atoms with Crippen molar-refractivity contribution in [2.75, 3.05) is 0 Å². The predicted octanol–water partition coefficient (Wildman–Crippen LogP) is 8.71. The third-order valence-electron chi connectivity index (χ3n) is 6.87. The molecule has 2 aliphatic rings. The molecule has 0 amide bonds. The first-order chi connectivity index (χ1) is 16.7. The lowest BCUT2D eigenvalue weighted by molar-refractivity contribution is 0.359. The summed E-state index contributed by atoms with van der Waals surface area (Å²) in [5.74, 6) is 2.90. The zero-order chi connectivity index (χ0) is 22.7. The van der Waals surface area contributed by atoms with Crippen molar-refractivity contribution in [2.24, 2.45) is 0 Å². The smallest absolute Gasteiger partial charge is 0.171 e. The van der Waals surface area contributed by atoms with E-state index in [-0.39, 0.29) is 0 Å². The Morgan fingerprint density at radius 3 is 1.79 bits per heavy atom. The summed E-state index contributed by atoms with van der Waals surface area (Å²) in [6.07, 6.45) is 0. The van der Waals surface area contributed by atoms with Crippen LogP contribution < -0.4 is 9.47 Å². The molecule has 0 N–H and O–H groups in total. The SMILES string of the molecule is Brc1ccc2c(c1)Oc1cc3c(cc1O2)C(c1ccccc1)(c1ccccc1)c1ccccc1-3. The van der Waals surface area contributed by atoms with Crippen molar-refractivity contribution in [1.82, 2.24) is 0 Å². The zero-order valence-electron chi connectivity index (χ0n) is 18.2. The molecule has 34 heavy (non-hydrogen) atoms. The van der Waals surface area contributed by atoms with E-state index in [4.69, 9.17) is 9.47 Å². The summed E-state index contributed by atoms with van der Waals surface area (Å²) in [5.41, 5.74) is 6.87. The maximum absolute atomic E-state index is 6.38. The number of hydrogen-bond donors (Lipinski definition) is 0. The van der Waals surface area contributed by atoms with Gasteiger partial charge in [-0.2, -0.15) is 0 Å². The average Bonchev–Trinajstić information content (AvgIpc) is 3.17. The molecule has 1 aliphatic heterocycles. The highest BCUT2D eigenvalue weighted by Crippen LogP contribution is 2.59. The molecule has 0 radical (unpaired) electrons. The first kappa shape index (κ1) is 19.6. The van der Waals surface area contributed by atoms with Gasteiger partial charge in [-0.1, -0.05) is 101 Å². The van der Waals surface area contributed by atoms with E-state index in [1.807, 2.05) is 18.2 Å². The van der Waals surface area contributed by atoms with Gasteiger partial charge in [0.05, 0.1) is 5.41 Å². The van der Waals surface area contributed by atoms with Gasteiger partial charge in [0, 0.05) is 4.47 Å². The predicted molar refractivity (Wildman–Crippen MR) is 138 cm³/mol. The van der Waals surface area contributed by atoms with E-state index in [9.17, 15) is 0 Å². The van der Waals surface area contributed by atoms with E-state index >= 15 is 0 Å². The molecular formula is C31H19BrO2. The number of benzene rings is 5. The van der Waals surface area contributed by atoms with Crippen LogP contribution in [0.2, 0.25) is 0 Å². The van der Waals surface area contributed by atoms with E-state index in [2.05, 4.69) is 113 Å². The van der Waals surface area contributed by atoms with Gasteiger partial charge in [0.25, 0.3) is 0 Å². The second-order valence-electron chi connectivity index (χ2n) is 8.67. The van der Waals surface area contributed by atoms with E-state index in [0.717, 1.165) is 21.7 Å². The molecule has 0 bridgehead atoms. The molecule has 1 aliphatic carbocycles. The zero-order valence-corrected chi connectivity index (χ0v) is 19.8. The maximum atomic E-state index is 6.38. The normalized spacial score (nSPS) is 14.1. The van der Waals surface area contributed by atoms with Crippen molar-refractivity contribution in [3.63, 3.8) is 0 Å². The largest absolute Gasteiger partial charge is 0.449 e. The van der Waals surface area contributed by atoms with E-state index in [0.29, 0.717) is 5.75 Å². The van der Waals surface area contributed by atoms with Gasteiger partial charge in [-0.3, -0.25) is 0 Å². The summed E-state index contributed by atoms with van der Waals surface area (Å²) in [7, 11) is 0. The van der Waals surface area contributed by atoms with Crippen LogP contribution in [0.4, 0.5) is 0 Å². The second-order valence-corrected chi connectivity index (χ2v) is 9.58. The fourth-order valence-corrected chi connectivity index (χ4v) is 5.83. The number of hydrogen-bond acceptors (Lipinski definition) is 2. The summed E-state index contributed by atoms with van der Waals surface area (Å²) >= 11 is 3.53. The van der Waals surface area contributed by atoms with E-state index < -0.39 is 5.41 Å². The van der Waals surface area contributed by atoms with Crippen molar-refractivity contribution < 1.29 is 9.47 Å². The van der Waals surface area contributed by atoms with Gasteiger partial charge in [0.15, 0.2) is 23.0 Å². The Labute approximate surface area is 206 Å². The number of ether oxygens (including phenoxy) is 2. The van der Waals surface area contributed by atoms with Crippen molar-refractivity contribution in [2.45, 2.75) is 5.41 Å². The van der Waals surface area contributed by atoms with E-state index in [1.165, 1.54) is 33.4 Å². The minimum atomic E-state index is -0.452. The Balaban J connectivity index is 1.55. The Bertz CT molecular complexity index is 1520. The van der Waals surface area contributed by atoms with Gasteiger partial charge in [-0.15, -0.1) is 0 Å². The van der Waals surface area contributed by atoms with Crippen molar-refractivity contribution >= 4 is 15.9 Å². The Morgan fingerprint density at radius 2 is 1.06 bits per heavy atom. The fraction of sp³-hybridized carbons (Fsp3) is 0.0323. The Hall–Kier alpha value is -3.82. The summed E-state index contributed by atoms with van der Waals surface area (Å²) in [6, 6.07) is 40.4. The van der Waals surface area contributed by atoms with Crippen LogP contribution in [0.15, 0.2) is 120 Å². The van der Waals surface area contributed by atoms with Crippen LogP contribution in [-0.2, 0) is 5.41 Å². The average molecular weight is 503 g/mol. The summed E-state index contributed by atoms with van der Waals surface area (Å²) in [4.78, 5) is 0. The molecule has 3 heteroatoms. The molecular weight excluding hydrogens is 484 g/mol. The molecule has 162 valence electrons. The molecule has 0 saturated carbocycles. The molecule has 0 atom stereocenters. The van der Waals surface area contributed by atoms with Gasteiger partial charge in [0.2, 0.25) is 0 Å². The molecule has 0 saturated heterocycles. The van der Waals surface area contributed by atoms with Gasteiger partial charge >= 0.3 is 0 Å². The third kappa shape index (κ3) is 2.68. The molecule has 5 aromatic rings. The minimum Gasteiger partial charge on any atom is -0.449 e. The molecule has 0 fully saturated rings.